The second kappa shape index (κ2) is 10.9. The quantitative estimate of drug-likeness (QED) is 0.225. The third-order valence-corrected chi connectivity index (χ3v) is 4.80. The molecule has 31 heavy (non-hydrogen) atoms. The lowest BCUT2D eigenvalue weighted by atomic mass is 10.1. The van der Waals surface area contributed by atoms with Crippen molar-refractivity contribution < 1.29 is 9.90 Å². The topological polar surface area (TPSA) is 141 Å². The molecule has 2 heterocycles. The van der Waals surface area contributed by atoms with Crippen molar-refractivity contribution in [1.82, 2.24) is 24.8 Å². The molecular formula is C21H27N7O3. The zero-order chi connectivity index (χ0) is 22.1. The minimum absolute atomic E-state index is 0.224. The molecule has 0 spiro atoms. The highest BCUT2D eigenvalue weighted by Gasteiger charge is 2.09. The highest BCUT2D eigenvalue weighted by molar-refractivity contribution is 5.86. The van der Waals surface area contributed by atoms with Gasteiger partial charge in [0.25, 0.3) is 5.56 Å². The van der Waals surface area contributed by atoms with E-state index in [0.29, 0.717) is 41.9 Å². The molecule has 1 amide bonds. The highest BCUT2D eigenvalue weighted by Crippen LogP contribution is 2.05. The first-order valence-electron chi connectivity index (χ1n) is 10.3. The predicted octanol–water partition coefficient (Wildman–Crippen LogP) is 2.40. The summed E-state index contributed by atoms with van der Waals surface area (Å²) >= 11 is 0. The number of aromatic amines is 2. The molecule has 1 aromatic carbocycles. The predicted molar refractivity (Wildman–Crippen MR) is 118 cm³/mol. The van der Waals surface area contributed by atoms with Crippen LogP contribution in [0.5, 0.6) is 0 Å². The van der Waals surface area contributed by atoms with E-state index in [0.717, 1.165) is 24.8 Å². The van der Waals surface area contributed by atoms with Crippen molar-refractivity contribution in [3.05, 3.63) is 58.2 Å². The van der Waals surface area contributed by atoms with Gasteiger partial charge in [0.1, 0.15) is 5.52 Å². The van der Waals surface area contributed by atoms with Crippen LogP contribution in [-0.2, 0) is 13.0 Å². The van der Waals surface area contributed by atoms with Gasteiger partial charge in [-0.2, -0.15) is 5.10 Å². The van der Waals surface area contributed by atoms with Gasteiger partial charge >= 0.3 is 6.09 Å². The van der Waals surface area contributed by atoms with Gasteiger partial charge in [0.15, 0.2) is 5.65 Å². The zero-order valence-electron chi connectivity index (χ0n) is 17.5. The molecule has 0 fully saturated rings. The van der Waals surface area contributed by atoms with Crippen LogP contribution in [0.1, 0.15) is 38.2 Å². The van der Waals surface area contributed by atoms with Crippen molar-refractivity contribution in [2.24, 2.45) is 10.2 Å². The normalized spacial score (nSPS) is 12.4. The summed E-state index contributed by atoms with van der Waals surface area (Å²) in [6, 6.07) is 9.75. The minimum atomic E-state index is -1.09. The van der Waals surface area contributed by atoms with Gasteiger partial charge < -0.3 is 15.4 Å². The Bertz CT molecular complexity index is 1160. The number of unbranched alkanes of at least 4 members (excludes halogenated alkanes) is 2. The number of H-pyrrole nitrogens is 2. The molecule has 10 heteroatoms. The number of fused-ring (bicyclic) bond motifs is 1. The van der Waals surface area contributed by atoms with Crippen molar-refractivity contribution in [1.29, 1.82) is 0 Å². The zero-order valence-corrected chi connectivity index (χ0v) is 17.5. The average Bonchev–Trinajstić information content (AvgIpc) is 3.25. The van der Waals surface area contributed by atoms with E-state index >= 15 is 0 Å². The number of aromatic nitrogens is 4. The molecule has 10 nitrogen and oxygen atoms in total. The average molecular weight is 425 g/mol. The number of rotatable bonds is 10. The summed E-state index contributed by atoms with van der Waals surface area (Å²) in [7, 11) is 0. The highest BCUT2D eigenvalue weighted by atomic mass is 16.4. The van der Waals surface area contributed by atoms with Gasteiger partial charge in [0.05, 0.1) is 6.33 Å². The molecule has 164 valence electrons. The van der Waals surface area contributed by atoms with Gasteiger partial charge in [0, 0.05) is 31.6 Å². The van der Waals surface area contributed by atoms with E-state index in [1.807, 2.05) is 34.9 Å². The van der Waals surface area contributed by atoms with Gasteiger partial charge in [-0.3, -0.25) is 14.3 Å². The van der Waals surface area contributed by atoms with E-state index in [1.54, 1.807) is 0 Å². The number of imidazole rings is 1. The fourth-order valence-corrected chi connectivity index (χ4v) is 3.24. The SMILES string of the molecule is CCCCCn1c(=NN=C(CCNC(=O)O)Cc2ccccc2)[nH]c(=O)c2[nH]cnc21. The van der Waals surface area contributed by atoms with Crippen molar-refractivity contribution in [3.8, 4) is 0 Å². The number of benzene rings is 1. The fourth-order valence-electron chi connectivity index (χ4n) is 3.24. The third kappa shape index (κ3) is 6.14. The molecule has 0 saturated carbocycles. The lowest BCUT2D eigenvalue weighted by Crippen LogP contribution is -2.32. The summed E-state index contributed by atoms with van der Waals surface area (Å²) in [6.45, 7) is 3.00. The maximum absolute atomic E-state index is 12.4. The van der Waals surface area contributed by atoms with Crippen LogP contribution < -0.4 is 16.5 Å². The number of hydrogen-bond donors (Lipinski definition) is 4. The molecule has 0 saturated heterocycles. The summed E-state index contributed by atoms with van der Waals surface area (Å²) in [5.74, 6) is 0. The Morgan fingerprint density at radius 1 is 1.26 bits per heavy atom. The Morgan fingerprint density at radius 2 is 2.06 bits per heavy atom. The minimum Gasteiger partial charge on any atom is -0.465 e. The van der Waals surface area contributed by atoms with Crippen LogP contribution in [0.25, 0.3) is 11.2 Å². The van der Waals surface area contributed by atoms with Gasteiger partial charge in [-0.25, -0.2) is 9.78 Å². The van der Waals surface area contributed by atoms with Crippen molar-refractivity contribution in [2.75, 3.05) is 6.54 Å². The number of nitrogens with one attached hydrogen (secondary N) is 3. The standard InChI is InChI=1S/C21H27N7O3/c1-2-3-7-12-28-18-17(23-14-24-18)19(29)25-20(28)27-26-16(10-11-22-21(30)31)13-15-8-5-4-6-9-15/h4-6,8-9,14,22H,2-3,7,10-13H2,1H3,(H,23,24)(H,30,31)(H,25,27,29). The molecule has 0 aliphatic carbocycles. The fraction of sp³-hybridized carbons (Fsp3) is 0.381. The van der Waals surface area contributed by atoms with Crippen molar-refractivity contribution >= 4 is 23.0 Å². The van der Waals surface area contributed by atoms with Crippen LogP contribution >= 0.6 is 0 Å². The second-order valence-electron chi connectivity index (χ2n) is 7.15. The Kier molecular flexibility index (Phi) is 7.74. The van der Waals surface area contributed by atoms with E-state index in [9.17, 15) is 9.59 Å². The Morgan fingerprint density at radius 3 is 2.81 bits per heavy atom. The summed E-state index contributed by atoms with van der Waals surface area (Å²) in [5, 5.41) is 19.9. The molecule has 3 aromatic rings. The number of carboxylic acid groups (broad SMARTS) is 1. The molecule has 0 unspecified atom stereocenters. The molecule has 0 bridgehead atoms. The number of hydrogen-bond acceptors (Lipinski definition) is 5. The molecule has 2 aromatic heterocycles. The molecule has 4 N–H and O–H groups in total. The largest absolute Gasteiger partial charge is 0.465 e. The van der Waals surface area contributed by atoms with Crippen LogP contribution in [0, 0.1) is 0 Å². The van der Waals surface area contributed by atoms with Crippen LogP contribution in [0.4, 0.5) is 4.79 Å². The summed E-state index contributed by atoms with van der Waals surface area (Å²) in [6.07, 6.45) is 4.35. The summed E-state index contributed by atoms with van der Waals surface area (Å²) in [5.41, 5.74) is 2.67. The first-order valence-corrected chi connectivity index (χ1v) is 10.3. The maximum Gasteiger partial charge on any atom is 0.404 e. The number of aryl methyl sites for hydroxylation is 1. The summed E-state index contributed by atoms with van der Waals surface area (Å²) < 4.78 is 1.85. The van der Waals surface area contributed by atoms with E-state index < -0.39 is 6.09 Å². The van der Waals surface area contributed by atoms with Crippen LogP contribution in [0.2, 0.25) is 0 Å². The van der Waals surface area contributed by atoms with E-state index in [2.05, 4.69) is 37.4 Å². The third-order valence-electron chi connectivity index (χ3n) is 4.80. The number of amides is 1. The Labute approximate surface area is 178 Å². The van der Waals surface area contributed by atoms with E-state index in [4.69, 9.17) is 5.11 Å². The van der Waals surface area contributed by atoms with Gasteiger partial charge in [-0.15, -0.1) is 5.10 Å². The lowest BCUT2D eigenvalue weighted by Gasteiger charge is -2.08. The Balaban J connectivity index is 1.98. The number of carbonyl (C=O) groups is 1. The van der Waals surface area contributed by atoms with Crippen LogP contribution in [-0.4, -0.2) is 43.0 Å². The Hall–Kier alpha value is -3.69. The lowest BCUT2D eigenvalue weighted by molar-refractivity contribution is 0.195. The van der Waals surface area contributed by atoms with E-state index in [-0.39, 0.29) is 12.1 Å². The van der Waals surface area contributed by atoms with Crippen molar-refractivity contribution in [3.63, 3.8) is 0 Å². The molecule has 0 aliphatic heterocycles. The van der Waals surface area contributed by atoms with Crippen LogP contribution in [0.15, 0.2) is 51.7 Å². The van der Waals surface area contributed by atoms with Crippen LogP contribution in [0.3, 0.4) is 0 Å². The summed E-state index contributed by atoms with van der Waals surface area (Å²) in [4.78, 5) is 33.1. The van der Waals surface area contributed by atoms with Crippen molar-refractivity contribution in [2.45, 2.75) is 45.6 Å². The maximum atomic E-state index is 12.4. The number of nitrogens with zero attached hydrogens (tertiary/aromatic N) is 4. The molecule has 0 aliphatic rings. The first-order chi connectivity index (χ1) is 15.1. The van der Waals surface area contributed by atoms with E-state index in [1.165, 1.54) is 6.33 Å². The monoisotopic (exact) mass is 425 g/mol. The van der Waals surface area contributed by atoms with Gasteiger partial charge in [0.2, 0.25) is 5.62 Å². The first kappa shape index (κ1) is 22.0. The smallest absolute Gasteiger partial charge is 0.404 e. The molecule has 0 atom stereocenters. The molecule has 0 radical (unpaired) electrons. The van der Waals surface area contributed by atoms with Gasteiger partial charge in [-0.05, 0) is 12.0 Å². The second-order valence-corrected chi connectivity index (χ2v) is 7.15. The van der Waals surface area contributed by atoms with Gasteiger partial charge in [-0.1, -0.05) is 50.1 Å². The molecular weight excluding hydrogens is 398 g/mol. The molecule has 3 rings (SSSR count).